The number of likely N-dealkylation sites (tertiary alicyclic amines) is 1. The molecular formula is C22H34N4O2S. The fourth-order valence-corrected chi connectivity index (χ4v) is 5.82. The number of morpholine rings is 1. The summed E-state index contributed by atoms with van der Waals surface area (Å²) >= 11 is 1.96. The maximum Gasteiger partial charge on any atom is 0.222 e. The van der Waals surface area contributed by atoms with Gasteiger partial charge in [-0.15, -0.1) is 0 Å². The normalized spacial score (nSPS) is 27.1. The van der Waals surface area contributed by atoms with Crippen molar-refractivity contribution in [2.45, 2.75) is 31.8 Å². The van der Waals surface area contributed by atoms with Crippen molar-refractivity contribution in [1.82, 2.24) is 19.7 Å². The van der Waals surface area contributed by atoms with Gasteiger partial charge in [-0.25, -0.2) is 0 Å². The van der Waals surface area contributed by atoms with Gasteiger partial charge in [0.15, 0.2) is 0 Å². The van der Waals surface area contributed by atoms with Crippen molar-refractivity contribution in [2.24, 2.45) is 5.92 Å². The van der Waals surface area contributed by atoms with Gasteiger partial charge in [0.05, 0.1) is 18.9 Å². The zero-order valence-electron chi connectivity index (χ0n) is 17.4. The van der Waals surface area contributed by atoms with Crippen LogP contribution in [0.15, 0.2) is 24.4 Å². The summed E-state index contributed by atoms with van der Waals surface area (Å²) in [6, 6.07) is 6.72. The lowest BCUT2D eigenvalue weighted by atomic mass is 9.86. The summed E-state index contributed by atoms with van der Waals surface area (Å²) < 4.78 is 5.58. The quantitative estimate of drug-likeness (QED) is 0.704. The van der Waals surface area contributed by atoms with Crippen molar-refractivity contribution >= 4 is 17.7 Å². The predicted octanol–water partition coefficient (Wildman–Crippen LogP) is 1.96. The Kier molecular flexibility index (Phi) is 7.82. The second-order valence-electron chi connectivity index (χ2n) is 8.35. The number of hydrogen-bond acceptors (Lipinski definition) is 6. The highest BCUT2D eigenvalue weighted by Gasteiger charge is 2.34. The number of carbonyl (C=O) groups is 1. The maximum absolute atomic E-state index is 12.8. The highest BCUT2D eigenvalue weighted by molar-refractivity contribution is 7.99. The summed E-state index contributed by atoms with van der Waals surface area (Å²) in [5, 5.41) is 0. The lowest BCUT2D eigenvalue weighted by molar-refractivity contribution is -0.131. The van der Waals surface area contributed by atoms with E-state index in [0.717, 1.165) is 82.6 Å². The largest absolute Gasteiger partial charge is 0.379 e. The molecule has 4 rings (SSSR count). The minimum atomic E-state index is 0.355. The van der Waals surface area contributed by atoms with Crippen molar-refractivity contribution in [3.8, 4) is 0 Å². The lowest BCUT2D eigenvalue weighted by Crippen LogP contribution is -2.54. The third-order valence-electron chi connectivity index (χ3n) is 6.50. The number of thioether (sulfide) groups is 1. The monoisotopic (exact) mass is 418 g/mol. The van der Waals surface area contributed by atoms with E-state index in [0.29, 0.717) is 24.3 Å². The molecule has 7 heteroatoms. The second-order valence-corrected chi connectivity index (χ2v) is 9.58. The van der Waals surface area contributed by atoms with Crippen LogP contribution in [0, 0.1) is 5.92 Å². The molecule has 3 aliphatic rings. The van der Waals surface area contributed by atoms with Gasteiger partial charge < -0.3 is 9.64 Å². The van der Waals surface area contributed by atoms with Gasteiger partial charge in [0.25, 0.3) is 0 Å². The number of piperidine rings is 1. The van der Waals surface area contributed by atoms with E-state index in [4.69, 9.17) is 4.74 Å². The first-order chi connectivity index (χ1) is 14.3. The number of aromatic nitrogens is 1. The first kappa shape index (κ1) is 21.1. The minimum Gasteiger partial charge on any atom is -0.379 e. The molecule has 0 N–H and O–H groups in total. The Bertz CT molecular complexity index is 635. The molecule has 0 unspecified atom stereocenters. The van der Waals surface area contributed by atoms with Gasteiger partial charge in [-0.1, -0.05) is 6.07 Å². The predicted molar refractivity (Wildman–Crippen MR) is 117 cm³/mol. The Hall–Kier alpha value is -1.15. The molecule has 0 aromatic carbocycles. The van der Waals surface area contributed by atoms with E-state index < -0.39 is 0 Å². The van der Waals surface area contributed by atoms with E-state index in [-0.39, 0.29) is 0 Å². The Morgan fingerprint density at radius 3 is 2.72 bits per heavy atom. The molecule has 160 valence electrons. The molecule has 3 aliphatic heterocycles. The van der Waals surface area contributed by atoms with Gasteiger partial charge in [0.2, 0.25) is 5.91 Å². The molecule has 1 amide bonds. The van der Waals surface area contributed by atoms with E-state index >= 15 is 0 Å². The van der Waals surface area contributed by atoms with Crippen LogP contribution in [0.2, 0.25) is 0 Å². The smallest absolute Gasteiger partial charge is 0.222 e. The van der Waals surface area contributed by atoms with E-state index in [1.165, 1.54) is 6.42 Å². The van der Waals surface area contributed by atoms with Crippen LogP contribution in [-0.4, -0.2) is 95.6 Å². The average molecular weight is 419 g/mol. The Labute approximate surface area is 179 Å². The van der Waals surface area contributed by atoms with Crippen LogP contribution < -0.4 is 0 Å². The van der Waals surface area contributed by atoms with Gasteiger partial charge in [0.1, 0.15) is 0 Å². The Balaban J connectivity index is 1.37. The molecule has 3 fully saturated rings. The summed E-state index contributed by atoms with van der Waals surface area (Å²) in [4.78, 5) is 24.5. The molecule has 1 aromatic heterocycles. The number of nitrogens with zero attached hydrogens (tertiary/aromatic N) is 4. The molecular weight excluding hydrogens is 384 g/mol. The third kappa shape index (κ3) is 5.94. The molecule has 0 saturated carbocycles. The van der Waals surface area contributed by atoms with E-state index in [2.05, 4.69) is 31.8 Å². The molecule has 3 saturated heterocycles. The summed E-state index contributed by atoms with van der Waals surface area (Å²) in [7, 11) is 0. The third-order valence-corrected chi connectivity index (χ3v) is 7.44. The molecule has 0 spiro atoms. The summed E-state index contributed by atoms with van der Waals surface area (Å²) in [5.41, 5.74) is 1.14. The van der Waals surface area contributed by atoms with E-state index in [9.17, 15) is 4.79 Å². The number of rotatable bonds is 6. The number of ether oxygens (including phenoxy) is 1. The van der Waals surface area contributed by atoms with Crippen molar-refractivity contribution in [2.75, 3.05) is 64.0 Å². The fraction of sp³-hybridized carbons (Fsp3) is 0.727. The van der Waals surface area contributed by atoms with Crippen LogP contribution >= 0.6 is 11.8 Å². The van der Waals surface area contributed by atoms with Crippen molar-refractivity contribution in [3.63, 3.8) is 0 Å². The number of amides is 1. The van der Waals surface area contributed by atoms with Gasteiger partial charge >= 0.3 is 0 Å². The zero-order chi connectivity index (χ0) is 19.9. The number of pyridine rings is 1. The van der Waals surface area contributed by atoms with Crippen LogP contribution in [0.4, 0.5) is 0 Å². The van der Waals surface area contributed by atoms with Gasteiger partial charge in [-0.05, 0) is 30.9 Å². The van der Waals surface area contributed by atoms with Crippen molar-refractivity contribution < 1.29 is 9.53 Å². The second kappa shape index (κ2) is 10.8. The van der Waals surface area contributed by atoms with Gasteiger partial charge in [-0.2, -0.15) is 11.8 Å². The standard InChI is InChI=1S/C22H34N4O2S/c27-22(26-11-15-29-16-12-26)5-4-19-17-24(18-20-3-1-2-7-23-20)8-6-21(19)25-9-13-28-14-10-25/h1-3,7,19,21H,4-6,8-18H2/t19-,21+/m0/s1. The molecule has 6 nitrogen and oxygen atoms in total. The number of hydrogen-bond donors (Lipinski definition) is 0. The van der Waals surface area contributed by atoms with E-state index in [1.54, 1.807) is 0 Å². The fourth-order valence-electron chi connectivity index (χ4n) is 4.91. The molecule has 2 atom stereocenters. The van der Waals surface area contributed by atoms with Crippen molar-refractivity contribution in [1.29, 1.82) is 0 Å². The average Bonchev–Trinajstić information content (AvgIpc) is 2.79. The summed E-state index contributed by atoms with van der Waals surface area (Å²) in [6.45, 7) is 8.65. The highest BCUT2D eigenvalue weighted by Crippen LogP contribution is 2.28. The zero-order valence-corrected chi connectivity index (χ0v) is 18.2. The Morgan fingerprint density at radius 2 is 1.97 bits per heavy atom. The summed E-state index contributed by atoms with van der Waals surface area (Å²) in [5.74, 6) is 3.06. The molecule has 4 heterocycles. The summed E-state index contributed by atoms with van der Waals surface area (Å²) in [6.07, 6.45) is 4.73. The molecule has 29 heavy (non-hydrogen) atoms. The molecule has 1 aromatic rings. The Morgan fingerprint density at radius 1 is 1.14 bits per heavy atom. The molecule has 0 bridgehead atoms. The van der Waals surface area contributed by atoms with E-state index in [1.807, 2.05) is 24.0 Å². The maximum atomic E-state index is 12.8. The lowest BCUT2D eigenvalue weighted by Gasteiger charge is -2.45. The van der Waals surface area contributed by atoms with Crippen LogP contribution in [0.1, 0.15) is 25.0 Å². The van der Waals surface area contributed by atoms with Crippen LogP contribution in [-0.2, 0) is 16.1 Å². The SMILES string of the molecule is O=C(CC[C@H]1CN(Cc2ccccn2)CC[C@H]1N1CCOCC1)N1CCSCC1. The first-order valence-electron chi connectivity index (χ1n) is 11.1. The highest BCUT2D eigenvalue weighted by atomic mass is 32.2. The van der Waals surface area contributed by atoms with Crippen LogP contribution in [0.5, 0.6) is 0 Å². The topological polar surface area (TPSA) is 48.9 Å². The number of carbonyl (C=O) groups excluding carboxylic acids is 1. The van der Waals surface area contributed by atoms with Crippen LogP contribution in [0.25, 0.3) is 0 Å². The minimum absolute atomic E-state index is 0.355. The van der Waals surface area contributed by atoms with Crippen molar-refractivity contribution in [3.05, 3.63) is 30.1 Å². The molecule has 0 radical (unpaired) electrons. The molecule has 0 aliphatic carbocycles. The van der Waals surface area contributed by atoms with Gasteiger partial charge in [0, 0.05) is 76.0 Å². The van der Waals surface area contributed by atoms with Gasteiger partial charge in [-0.3, -0.25) is 19.6 Å². The van der Waals surface area contributed by atoms with Crippen LogP contribution in [0.3, 0.4) is 0 Å². The first-order valence-corrected chi connectivity index (χ1v) is 12.2.